The van der Waals surface area contributed by atoms with Crippen molar-refractivity contribution in [2.75, 3.05) is 25.5 Å². The summed E-state index contributed by atoms with van der Waals surface area (Å²) >= 11 is 0. The van der Waals surface area contributed by atoms with Crippen molar-refractivity contribution in [2.24, 2.45) is 0 Å². The Bertz CT molecular complexity index is 2080. The smallest absolute Gasteiger partial charge is 0.444 e. The number of aromatic nitrogens is 2. The van der Waals surface area contributed by atoms with E-state index in [2.05, 4.69) is 15.4 Å². The van der Waals surface area contributed by atoms with Gasteiger partial charge in [-0.3, -0.25) is 19.2 Å². The molecule has 16 nitrogen and oxygen atoms in total. The molecule has 6 rings (SSSR count). The second-order valence-corrected chi connectivity index (χ2v) is 14.4. The lowest BCUT2D eigenvalue weighted by atomic mass is 10.1. The molecule has 2 fully saturated rings. The Kier molecular flexibility index (Phi) is 12.7. The summed E-state index contributed by atoms with van der Waals surface area (Å²) in [5.74, 6) is -4.79. The molecule has 3 aromatic carbocycles. The Balaban J connectivity index is 1.22. The molecular weight excluding hydrogens is 759 g/mol. The Labute approximate surface area is 319 Å². The Morgan fingerprint density at radius 3 is 2.20 bits per heavy atom. The zero-order valence-corrected chi connectivity index (χ0v) is 30.8. The number of nitrogens with zero attached hydrogens (tertiary/aromatic N) is 3. The number of halogens is 2. The molecule has 0 bridgehead atoms. The normalized spacial score (nSPS) is 21.4. The van der Waals surface area contributed by atoms with Crippen LogP contribution in [-0.2, 0) is 46.0 Å². The summed E-state index contributed by atoms with van der Waals surface area (Å²) in [5, 5.41) is 4.89. The topological polar surface area (TPSA) is 186 Å². The van der Waals surface area contributed by atoms with E-state index in [0.29, 0.717) is 28.7 Å². The van der Waals surface area contributed by atoms with Gasteiger partial charge in [-0.25, -0.2) is 18.9 Å². The molecule has 2 aliphatic rings. The summed E-state index contributed by atoms with van der Waals surface area (Å²) in [6.45, 7) is -0.886. The SMILES string of the molecule is CN1CCCC(NP(=O)(OC[C@H]2O[C@@H](n3ccc(NC(=O)OCc4ccccc4)nc3=O)C(F)(F)[C@@H]2OC(=O)OCc2ccccc2)Oc2ccccc2)C1=O. The maximum Gasteiger partial charge on any atom is 0.509 e. The predicted octanol–water partition coefficient (Wildman–Crippen LogP) is 5.66. The first-order chi connectivity index (χ1) is 26.9. The minimum Gasteiger partial charge on any atom is -0.444 e. The number of alkyl halides is 2. The van der Waals surface area contributed by atoms with Crippen LogP contribution >= 0.6 is 7.75 Å². The number of rotatable bonds is 14. The fraction of sp³-hybridized carbons (Fsp3) is 0.324. The monoisotopic (exact) mass is 797 g/mol. The summed E-state index contributed by atoms with van der Waals surface area (Å²) in [7, 11) is -2.98. The van der Waals surface area contributed by atoms with Crippen molar-refractivity contribution in [1.29, 1.82) is 0 Å². The molecular formula is C37H38F2N5O11P. The molecule has 19 heteroatoms. The molecule has 296 valence electrons. The zero-order valence-electron chi connectivity index (χ0n) is 29.9. The van der Waals surface area contributed by atoms with Crippen LogP contribution in [0, 0.1) is 0 Å². The van der Waals surface area contributed by atoms with Gasteiger partial charge in [-0.05, 0) is 42.2 Å². The van der Waals surface area contributed by atoms with Crippen LogP contribution in [0.25, 0.3) is 0 Å². The molecule has 0 saturated carbocycles. The van der Waals surface area contributed by atoms with Crippen molar-refractivity contribution >= 4 is 31.7 Å². The molecule has 0 radical (unpaired) electrons. The standard InChI is InChI=1S/C37H38F2N5O11P/c1-43-20-11-18-28(32(43)45)42-56(49,55-27-16-9-4-10-17-27)52-24-29-31(54-36(48)51-23-26-14-7-3-8-15-26)37(38,39)33(53-29)44-21-19-30(40-34(44)46)41-35(47)50-22-25-12-5-2-6-13-25/h2-10,12-17,19,21,28-29,31,33H,11,18,20,22-24H2,1H3,(H,42,49)(H,40,41,46,47)/t28?,29-,31-,33-,56?/m1/s1. The van der Waals surface area contributed by atoms with E-state index < -0.39 is 68.6 Å². The van der Waals surface area contributed by atoms with Crippen LogP contribution in [0.5, 0.6) is 5.75 Å². The number of hydrogen-bond donors (Lipinski definition) is 2. The molecule has 0 spiro atoms. The summed E-state index contributed by atoms with van der Waals surface area (Å²) in [6.07, 6.45) is -7.53. The first-order valence-electron chi connectivity index (χ1n) is 17.4. The van der Waals surface area contributed by atoms with Crippen LogP contribution in [-0.4, -0.2) is 77.0 Å². The number of likely N-dealkylation sites (tertiary alicyclic amines) is 1. The second-order valence-electron chi connectivity index (χ2n) is 12.7. The number of hydrogen-bond acceptors (Lipinski definition) is 12. The average Bonchev–Trinajstić information content (AvgIpc) is 3.43. The number of nitrogens with one attached hydrogen (secondary N) is 2. The summed E-state index contributed by atoms with van der Waals surface area (Å²) in [6, 6.07) is 25.0. The maximum absolute atomic E-state index is 16.4. The highest BCUT2D eigenvalue weighted by Gasteiger charge is 2.63. The minimum atomic E-state index is -4.56. The first kappa shape index (κ1) is 40.0. The third kappa shape index (κ3) is 10.1. The second kappa shape index (κ2) is 17.8. The van der Waals surface area contributed by atoms with E-state index in [4.69, 9.17) is 28.0 Å². The number of para-hydroxylation sites is 1. The number of ether oxygens (including phenoxy) is 4. The number of carbonyl (C=O) groups excluding carboxylic acids is 3. The Hall–Kier alpha value is -5.68. The lowest BCUT2D eigenvalue weighted by Crippen LogP contribution is -2.48. The minimum absolute atomic E-state index is 0.0723. The molecule has 2 unspecified atom stereocenters. The van der Waals surface area contributed by atoms with E-state index >= 15 is 8.78 Å². The number of carbonyl (C=O) groups is 3. The highest BCUT2D eigenvalue weighted by atomic mass is 31.2. The van der Waals surface area contributed by atoms with Gasteiger partial charge in [0.15, 0.2) is 0 Å². The molecule has 4 aromatic rings. The van der Waals surface area contributed by atoms with Gasteiger partial charge < -0.3 is 28.4 Å². The van der Waals surface area contributed by atoms with Gasteiger partial charge in [-0.2, -0.15) is 18.9 Å². The van der Waals surface area contributed by atoms with Crippen molar-refractivity contribution in [3.05, 3.63) is 125 Å². The number of piperidine rings is 1. The third-order valence-corrected chi connectivity index (χ3v) is 10.2. The molecule has 2 aliphatic heterocycles. The average molecular weight is 798 g/mol. The maximum atomic E-state index is 16.4. The van der Waals surface area contributed by atoms with Gasteiger partial charge in [0.2, 0.25) is 18.2 Å². The fourth-order valence-electron chi connectivity index (χ4n) is 5.85. The number of likely N-dealkylation sites (N-methyl/N-ethyl adjacent to an activating group) is 1. The summed E-state index contributed by atoms with van der Waals surface area (Å²) in [5.41, 5.74) is -0.0400. The van der Waals surface area contributed by atoms with Gasteiger partial charge in [-0.15, -0.1) is 0 Å². The van der Waals surface area contributed by atoms with E-state index in [1.807, 2.05) is 0 Å². The van der Waals surface area contributed by atoms with Gasteiger partial charge >= 0.3 is 31.6 Å². The van der Waals surface area contributed by atoms with Crippen LogP contribution in [0.1, 0.15) is 30.2 Å². The van der Waals surface area contributed by atoms with Gasteiger partial charge in [0.05, 0.1) is 12.6 Å². The Morgan fingerprint density at radius 2 is 1.55 bits per heavy atom. The van der Waals surface area contributed by atoms with Crippen molar-refractivity contribution < 1.29 is 55.7 Å². The van der Waals surface area contributed by atoms with Crippen LogP contribution in [0.2, 0.25) is 0 Å². The van der Waals surface area contributed by atoms with E-state index in [1.165, 1.54) is 17.0 Å². The lowest BCUT2D eigenvalue weighted by molar-refractivity contribution is -0.146. The molecule has 2 amide bonds. The molecule has 1 aromatic heterocycles. The van der Waals surface area contributed by atoms with Gasteiger partial charge in [-0.1, -0.05) is 78.9 Å². The molecule has 0 aliphatic carbocycles. The van der Waals surface area contributed by atoms with E-state index in [0.717, 1.165) is 12.3 Å². The largest absolute Gasteiger partial charge is 0.509 e. The third-order valence-electron chi connectivity index (χ3n) is 8.65. The zero-order chi connectivity index (χ0) is 39.7. The van der Waals surface area contributed by atoms with Crippen LogP contribution < -0.4 is 20.6 Å². The van der Waals surface area contributed by atoms with Gasteiger partial charge in [0, 0.05) is 19.8 Å². The van der Waals surface area contributed by atoms with Crippen LogP contribution in [0.3, 0.4) is 0 Å². The van der Waals surface area contributed by atoms with E-state index in [1.54, 1.807) is 85.9 Å². The first-order valence-corrected chi connectivity index (χ1v) is 18.9. The molecule has 2 saturated heterocycles. The van der Waals surface area contributed by atoms with Crippen molar-refractivity contribution in [3.63, 3.8) is 0 Å². The van der Waals surface area contributed by atoms with Gasteiger partial charge in [0.1, 0.15) is 30.9 Å². The van der Waals surface area contributed by atoms with E-state index in [-0.39, 0.29) is 31.2 Å². The molecule has 3 heterocycles. The van der Waals surface area contributed by atoms with Crippen molar-refractivity contribution in [1.82, 2.24) is 19.5 Å². The number of benzene rings is 3. The van der Waals surface area contributed by atoms with E-state index in [9.17, 15) is 23.7 Å². The molecule has 56 heavy (non-hydrogen) atoms. The van der Waals surface area contributed by atoms with Crippen molar-refractivity contribution in [3.8, 4) is 5.75 Å². The highest BCUT2D eigenvalue weighted by molar-refractivity contribution is 7.52. The lowest BCUT2D eigenvalue weighted by Gasteiger charge is -2.32. The summed E-state index contributed by atoms with van der Waals surface area (Å²) in [4.78, 5) is 56.3. The summed E-state index contributed by atoms with van der Waals surface area (Å²) < 4.78 is 79.7. The number of amides is 2. The fourth-order valence-corrected chi connectivity index (χ4v) is 7.40. The molecule has 2 N–H and O–H groups in total. The Morgan fingerprint density at radius 1 is 0.929 bits per heavy atom. The predicted molar refractivity (Wildman–Crippen MR) is 194 cm³/mol. The van der Waals surface area contributed by atoms with Crippen LogP contribution in [0.15, 0.2) is 108 Å². The van der Waals surface area contributed by atoms with Crippen molar-refractivity contribution in [2.45, 2.75) is 56.5 Å². The number of anilines is 1. The van der Waals surface area contributed by atoms with Crippen LogP contribution in [0.4, 0.5) is 24.2 Å². The molecule has 5 atom stereocenters. The quantitative estimate of drug-likeness (QED) is 0.118. The van der Waals surface area contributed by atoms with Gasteiger partial charge in [0.25, 0.3) is 0 Å². The highest BCUT2D eigenvalue weighted by Crippen LogP contribution is 2.49.